The number of aromatic nitrogens is 2. The molecule has 0 unspecified atom stereocenters. The lowest BCUT2D eigenvalue weighted by Gasteiger charge is -2.09. The highest BCUT2D eigenvalue weighted by molar-refractivity contribution is 7.98. The van der Waals surface area contributed by atoms with Crippen LogP contribution in [0.25, 0.3) is 0 Å². The van der Waals surface area contributed by atoms with Gasteiger partial charge in [0.15, 0.2) is 5.16 Å². The zero-order chi connectivity index (χ0) is 16.3. The number of benzene rings is 1. The molecule has 1 aromatic carbocycles. The molecule has 0 aliphatic carbocycles. The van der Waals surface area contributed by atoms with E-state index in [1.807, 2.05) is 6.07 Å². The number of halogens is 1. The minimum absolute atomic E-state index is 0.250. The second kappa shape index (κ2) is 6.60. The fourth-order valence-electron chi connectivity index (χ4n) is 1.59. The molecule has 0 N–H and O–H groups in total. The maximum absolute atomic E-state index is 11.1. The van der Waals surface area contributed by atoms with Crippen molar-refractivity contribution >= 4 is 29.1 Å². The molecule has 0 saturated carbocycles. The van der Waals surface area contributed by atoms with Crippen LogP contribution in [0.4, 0.5) is 5.69 Å². The second-order valence-electron chi connectivity index (χ2n) is 4.11. The topological polar surface area (TPSA) is 102 Å². The first kappa shape index (κ1) is 16.0. The quantitative estimate of drug-likeness (QED) is 0.275. The first-order valence-electron chi connectivity index (χ1n) is 5.90. The number of aryl methyl sites for hydroxylation is 1. The fraction of sp³-hybridized carbons (Fsp3) is 0.154. The maximum Gasteiger partial charge on any atom is 0.368 e. The van der Waals surface area contributed by atoms with E-state index in [0.29, 0.717) is 16.9 Å². The summed E-state index contributed by atoms with van der Waals surface area (Å²) in [6.45, 7) is 1.75. The Balaban J connectivity index is 2.55. The first-order chi connectivity index (χ1) is 10.5. The minimum Gasteiger partial charge on any atom is -0.433 e. The summed E-state index contributed by atoms with van der Waals surface area (Å²) in [6.07, 6.45) is 1.71. The van der Waals surface area contributed by atoms with E-state index in [-0.39, 0.29) is 16.2 Å². The number of hydrogen-bond donors (Lipinski definition) is 0. The Morgan fingerprint density at radius 2 is 2.18 bits per heavy atom. The number of nitro groups is 1. The fourth-order valence-corrected chi connectivity index (χ4v) is 2.23. The van der Waals surface area contributed by atoms with E-state index in [1.165, 1.54) is 17.8 Å². The third kappa shape index (κ3) is 3.27. The van der Waals surface area contributed by atoms with Crippen LogP contribution >= 0.6 is 23.4 Å². The van der Waals surface area contributed by atoms with Crippen molar-refractivity contribution < 1.29 is 9.66 Å². The zero-order valence-corrected chi connectivity index (χ0v) is 13.1. The maximum atomic E-state index is 11.1. The monoisotopic (exact) mass is 336 g/mol. The predicted molar refractivity (Wildman–Crippen MR) is 81.4 cm³/mol. The van der Waals surface area contributed by atoms with Gasteiger partial charge >= 0.3 is 11.6 Å². The molecule has 2 aromatic rings. The molecule has 0 spiro atoms. The number of hydrogen-bond acceptors (Lipinski definition) is 7. The molecular formula is C13H9ClN4O3S. The van der Waals surface area contributed by atoms with Gasteiger partial charge in [0, 0.05) is 0 Å². The second-order valence-corrected chi connectivity index (χ2v) is 5.24. The predicted octanol–water partition coefficient (Wildman–Crippen LogP) is 3.73. The average molecular weight is 337 g/mol. The molecule has 0 atom stereocenters. The van der Waals surface area contributed by atoms with Crippen LogP contribution in [0.5, 0.6) is 11.6 Å². The lowest BCUT2D eigenvalue weighted by Crippen LogP contribution is -2.01. The van der Waals surface area contributed by atoms with Gasteiger partial charge in [0.25, 0.3) is 0 Å². The van der Waals surface area contributed by atoms with Gasteiger partial charge in [-0.05, 0) is 30.9 Å². The molecular weight excluding hydrogens is 328 g/mol. The van der Waals surface area contributed by atoms with Crippen molar-refractivity contribution in [1.82, 2.24) is 9.97 Å². The first-order valence-corrected chi connectivity index (χ1v) is 7.51. The van der Waals surface area contributed by atoms with Gasteiger partial charge in [0.2, 0.25) is 5.15 Å². The largest absolute Gasteiger partial charge is 0.433 e. The van der Waals surface area contributed by atoms with E-state index in [0.717, 1.165) is 0 Å². The molecule has 0 saturated heterocycles. The van der Waals surface area contributed by atoms with Crippen LogP contribution < -0.4 is 4.74 Å². The highest BCUT2D eigenvalue weighted by Gasteiger charge is 2.26. The van der Waals surface area contributed by atoms with Crippen molar-refractivity contribution in [2.24, 2.45) is 0 Å². The van der Waals surface area contributed by atoms with Gasteiger partial charge in [-0.15, -0.1) is 0 Å². The lowest BCUT2D eigenvalue weighted by molar-refractivity contribution is -0.386. The van der Waals surface area contributed by atoms with Crippen molar-refractivity contribution in [2.75, 3.05) is 6.26 Å². The normalized spacial score (nSPS) is 10.1. The summed E-state index contributed by atoms with van der Waals surface area (Å²) >= 11 is 7.01. The molecule has 0 radical (unpaired) electrons. The Morgan fingerprint density at radius 1 is 1.45 bits per heavy atom. The van der Waals surface area contributed by atoms with Gasteiger partial charge in [-0.1, -0.05) is 29.4 Å². The number of thioether (sulfide) groups is 1. The van der Waals surface area contributed by atoms with E-state index >= 15 is 0 Å². The van der Waals surface area contributed by atoms with Crippen molar-refractivity contribution in [3.05, 3.63) is 44.6 Å². The van der Waals surface area contributed by atoms with E-state index in [9.17, 15) is 10.1 Å². The zero-order valence-electron chi connectivity index (χ0n) is 11.5. The van der Waals surface area contributed by atoms with E-state index in [4.69, 9.17) is 21.6 Å². The Morgan fingerprint density at radius 3 is 2.77 bits per heavy atom. The number of rotatable bonds is 4. The van der Waals surface area contributed by atoms with Crippen LogP contribution in [-0.2, 0) is 0 Å². The van der Waals surface area contributed by atoms with Crippen molar-refractivity contribution in [2.45, 2.75) is 12.1 Å². The van der Waals surface area contributed by atoms with E-state index in [2.05, 4.69) is 9.97 Å². The molecule has 2 rings (SSSR count). The van der Waals surface area contributed by atoms with Crippen LogP contribution in [0.15, 0.2) is 23.4 Å². The van der Waals surface area contributed by atoms with Crippen molar-refractivity contribution in [1.29, 1.82) is 5.26 Å². The molecule has 9 heteroatoms. The summed E-state index contributed by atoms with van der Waals surface area (Å²) in [4.78, 5) is 18.2. The summed E-state index contributed by atoms with van der Waals surface area (Å²) in [6, 6.07) is 6.76. The van der Waals surface area contributed by atoms with Gasteiger partial charge in [-0.25, -0.2) is 4.98 Å². The van der Waals surface area contributed by atoms with Gasteiger partial charge in [0.1, 0.15) is 5.75 Å². The highest BCUT2D eigenvalue weighted by Crippen LogP contribution is 2.36. The third-order valence-electron chi connectivity index (χ3n) is 2.68. The van der Waals surface area contributed by atoms with Crippen molar-refractivity contribution in [3.63, 3.8) is 0 Å². The minimum atomic E-state index is -0.703. The molecule has 0 aliphatic rings. The Kier molecular flexibility index (Phi) is 4.80. The molecule has 0 aliphatic heterocycles. The summed E-state index contributed by atoms with van der Waals surface area (Å²) < 4.78 is 5.53. The molecule has 7 nitrogen and oxygen atoms in total. The van der Waals surface area contributed by atoms with E-state index in [1.54, 1.807) is 25.3 Å². The Bertz CT molecular complexity index is 792. The van der Waals surface area contributed by atoms with Gasteiger partial charge in [-0.3, -0.25) is 10.1 Å². The summed E-state index contributed by atoms with van der Waals surface area (Å²) in [5, 5.41) is 20.0. The molecule has 1 heterocycles. The molecule has 112 valence electrons. The smallest absolute Gasteiger partial charge is 0.368 e. The SMILES string of the molecule is CSc1nc(Cl)c([N+](=O)[O-])c(Oc2cc(C#N)ccc2C)n1. The summed E-state index contributed by atoms with van der Waals surface area (Å²) in [5.74, 6) is 0.0384. The van der Waals surface area contributed by atoms with Crippen molar-refractivity contribution in [3.8, 4) is 17.7 Å². The Labute approximate surface area is 135 Å². The van der Waals surface area contributed by atoms with Crippen LogP contribution in [0.3, 0.4) is 0 Å². The average Bonchev–Trinajstić information content (AvgIpc) is 2.48. The number of ether oxygens (including phenoxy) is 1. The van der Waals surface area contributed by atoms with Gasteiger partial charge in [-0.2, -0.15) is 10.2 Å². The van der Waals surface area contributed by atoms with Gasteiger partial charge < -0.3 is 4.74 Å². The molecule has 0 bridgehead atoms. The number of nitriles is 1. The van der Waals surface area contributed by atoms with Crippen LogP contribution in [0.2, 0.25) is 5.15 Å². The third-order valence-corrected chi connectivity index (χ3v) is 3.49. The van der Waals surface area contributed by atoms with Crippen LogP contribution in [0.1, 0.15) is 11.1 Å². The number of nitrogens with zero attached hydrogens (tertiary/aromatic N) is 4. The molecule has 1 aromatic heterocycles. The highest BCUT2D eigenvalue weighted by atomic mass is 35.5. The van der Waals surface area contributed by atoms with Gasteiger partial charge in [0.05, 0.1) is 16.6 Å². The lowest BCUT2D eigenvalue weighted by atomic mass is 10.1. The molecule has 0 amide bonds. The summed E-state index contributed by atoms with van der Waals surface area (Å²) in [7, 11) is 0. The summed E-state index contributed by atoms with van der Waals surface area (Å²) in [5.41, 5.74) is 0.559. The van der Waals surface area contributed by atoms with Crippen LogP contribution in [-0.4, -0.2) is 21.1 Å². The van der Waals surface area contributed by atoms with Crippen LogP contribution in [0, 0.1) is 28.4 Å². The standard InChI is InChI=1S/C13H9ClN4O3S/c1-7-3-4-8(6-15)5-9(7)21-12-10(18(19)20)11(14)16-13(17-12)22-2/h3-5H,1-2H3. The molecule has 0 fully saturated rings. The Hall–Kier alpha value is -2.37. The van der Waals surface area contributed by atoms with E-state index < -0.39 is 10.6 Å². The molecule has 22 heavy (non-hydrogen) atoms.